The van der Waals surface area contributed by atoms with Crippen LogP contribution in [0.15, 0.2) is 73.2 Å². The Labute approximate surface area is 207 Å². The van der Waals surface area contributed by atoms with Crippen LogP contribution in [0.2, 0.25) is 0 Å². The van der Waals surface area contributed by atoms with Gasteiger partial charge in [0.25, 0.3) is 11.8 Å². The van der Waals surface area contributed by atoms with Gasteiger partial charge in [-0.25, -0.2) is 14.4 Å². The van der Waals surface area contributed by atoms with Gasteiger partial charge in [-0.1, -0.05) is 18.2 Å². The number of aromatic nitrogens is 4. The number of halogens is 1. The topological polar surface area (TPSA) is 93.0 Å². The molecule has 3 heterocycles. The smallest absolute Gasteiger partial charge is 0.259 e. The number of anilines is 1. The van der Waals surface area contributed by atoms with Gasteiger partial charge in [0, 0.05) is 36.4 Å². The minimum Gasteiger partial charge on any atom is -0.328 e. The quantitative estimate of drug-likeness (QED) is 0.438. The van der Waals surface area contributed by atoms with E-state index in [1.54, 1.807) is 17.8 Å². The molecule has 2 aromatic carbocycles. The molecule has 9 heteroatoms. The van der Waals surface area contributed by atoms with Crippen LogP contribution >= 0.6 is 0 Å². The maximum atomic E-state index is 13.6. The maximum absolute atomic E-state index is 13.6. The first-order valence-corrected chi connectivity index (χ1v) is 11.8. The molecule has 0 bridgehead atoms. The molecule has 1 atom stereocenters. The number of aryl methyl sites for hydroxylation is 1. The molecule has 1 N–H and O–H groups in total. The lowest BCUT2D eigenvalue weighted by molar-refractivity contribution is 0.0728. The SMILES string of the molecule is Cc1nc(C2CCCN2C(=O)c2ccccc2Cn2cccn2)ncc1C(=O)Nc1ccc(F)cc1. The fourth-order valence-electron chi connectivity index (χ4n) is 4.47. The molecule has 1 aliphatic rings. The number of likely N-dealkylation sites (tertiary alicyclic amines) is 1. The largest absolute Gasteiger partial charge is 0.328 e. The molecular formula is C27H25FN6O2. The maximum Gasteiger partial charge on any atom is 0.259 e. The predicted molar refractivity (Wildman–Crippen MR) is 132 cm³/mol. The molecule has 2 amide bonds. The van der Waals surface area contributed by atoms with E-state index >= 15 is 0 Å². The Hall–Kier alpha value is -4.40. The second-order valence-corrected chi connectivity index (χ2v) is 8.71. The molecule has 0 radical (unpaired) electrons. The number of carbonyl (C=O) groups excluding carboxylic acids is 2. The van der Waals surface area contributed by atoms with Crippen molar-refractivity contribution in [1.29, 1.82) is 0 Å². The Bertz CT molecular complexity index is 1390. The van der Waals surface area contributed by atoms with Gasteiger partial charge in [0.05, 0.1) is 23.8 Å². The zero-order chi connectivity index (χ0) is 25.1. The van der Waals surface area contributed by atoms with Gasteiger partial charge in [-0.15, -0.1) is 0 Å². The van der Waals surface area contributed by atoms with Crippen molar-refractivity contribution in [2.24, 2.45) is 0 Å². The number of hydrogen-bond donors (Lipinski definition) is 1. The second kappa shape index (κ2) is 10.1. The summed E-state index contributed by atoms with van der Waals surface area (Å²) in [5.74, 6) is -0.310. The van der Waals surface area contributed by atoms with Gasteiger partial charge in [-0.2, -0.15) is 5.10 Å². The molecule has 1 aliphatic heterocycles. The normalized spacial score (nSPS) is 15.2. The Morgan fingerprint density at radius 1 is 1.08 bits per heavy atom. The van der Waals surface area contributed by atoms with Gasteiger partial charge in [0.1, 0.15) is 5.82 Å². The van der Waals surface area contributed by atoms with E-state index < -0.39 is 0 Å². The highest BCUT2D eigenvalue weighted by atomic mass is 19.1. The van der Waals surface area contributed by atoms with Crippen LogP contribution in [0.4, 0.5) is 10.1 Å². The van der Waals surface area contributed by atoms with E-state index in [2.05, 4.69) is 20.4 Å². The summed E-state index contributed by atoms with van der Waals surface area (Å²) >= 11 is 0. The van der Waals surface area contributed by atoms with E-state index in [9.17, 15) is 14.0 Å². The monoisotopic (exact) mass is 484 g/mol. The average Bonchev–Trinajstić information content (AvgIpc) is 3.58. The molecule has 8 nitrogen and oxygen atoms in total. The van der Waals surface area contributed by atoms with Crippen molar-refractivity contribution in [1.82, 2.24) is 24.6 Å². The van der Waals surface area contributed by atoms with Gasteiger partial charge < -0.3 is 10.2 Å². The van der Waals surface area contributed by atoms with E-state index in [4.69, 9.17) is 0 Å². The summed E-state index contributed by atoms with van der Waals surface area (Å²) in [6, 6.07) is 14.7. The van der Waals surface area contributed by atoms with Crippen molar-refractivity contribution < 1.29 is 14.0 Å². The summed E-state index contributed by atoms with van der Waals surface area (Å²) in [7, 11) is 0. The van der Waals surface area contributed by atoms with E-state index in [1.807, 2.05) is 41.4 Å². The summed E-state index contributed by atoms with van der Waals surface area (Å²) < 4.78 is 14.9. The number of hydrogen-bond acceptors (Lipinski definition) is 5. The minimum atomic E-state index is -0.378. The third kappa shape index (κ3) is 4.86. The summed E-state index contributed by atoms with van der Waals surface area (Å²) in [5, 5.41) is 6.99. The minimum absolute atomic E-state index is 0.0698. The van der Waals surface area contributed by atoms with Crippen LogP contribution in [0.25, 0.3) is 0 Å². The average molecular weight is 485 g/mol. The molecule has 1 unspecified atom stereocenters. The molecule has 5 rings (SSSR count). The lowest BCUT2D eigenvalue weighted by Crippen LogP contribution is -2.32. The lowest BCUT2D eigenvalue weighted by Gasteiger charge is -2.25. The van der Waals surface area contributed by atoms with Gasteiger partial charge in [-0.05, 0) is 61.7 Å². The summed E-state index contributed by atoms with van der Waals surface area (Å²) in [4.78, 5) is 37.2. The Balaban J connectivity index is 1.35. The number of carbonyl (C=O) groups is 2. The fraction of sp³-hybridized carbons (Fsp3) is 0.222. The van der Waals surface area contributed by atoms with Crippen molar-refractivity contribution in [3.8, 4) is 0 Å². The summed E-state index contributed by atoms with van der Waals surface area (Å²) in [5.41, 5.74) is 2.83. The van der Waals surface area contributed by atoms with Crippen LogP contribution < -0.4 is 5.32 Å². The highest BCUT2D eigenvalue weighted by Crippen LogP contribution is 2.32. The zero-order valence-electron chi connectivity index (χ0n) is 19.8. The summed E-state index contributed by atoms with van der Waals surface area (Å²) in [6.07, 6.45) is 6.65. The number of nitrogens with one attached hydrogen (secondary N) is 1. The van der Waals surface area contributed by atoms with Crippen molar-refractivity contribution >= 4 is 17.5 Å². The van der Waals surface area contributed by atoms with Gasteiger partial charge in [-0.3, -0.25) is 14.3 Å². The highest BCUT2D eigenvalue weighted by molar-refractivity contribution is 6.04. The van der Waals surface area contributed by atoms with E-state index in [-0.39, 0.29) is 23.7 Å². The first kappa shape index (κ1) is 23.3. The lowest BCUT2D eigenvalue weighted by atomic mass is 10.1. The molecule has 36 heavy (non-hydrogen) atoms. The number of benzene rings is 2. The zero-order valence-corrected chi connectivity index (χ0v) is 19.8. The highest BCUT2D eigenvalue weighted by Gasteiger charge is 2.33. The van der Waals surface area contributed by atoms with Crippen molar-refractivity contribution in [3.63, 3.8) is 0 Å². The fourth-order valence-corrected chi connectivity index (χ4v) is 4.47. The predicted octanol–water partition coefficient (Wildman–Crippen LogP) is 4.40. The Morgan fingerprint density at radius 2 is 1.89 bits per heavy atom. The van der Waals surface area contributed by atoms with E-state index in [0.29, 0.717) is 41.4 Å². The number of rotatable bonds is 6. The molecule has 1 fully saturated rings. The van der Waals surface area contributed by atoms with Crippen molar-refractivity contribution in [2.75, 3.05) is 11.9 Å². The standard InChI is InChI=1S/C27H25FN6O2/c1-18-23(26(35)32-21-11-9-20(28)10-12-21)16-29-25(31-18)24-8-4-15-34(24)27(36)22-7-3-2-6-19(22)17-33-14-5-13-30-33/h2-3,5-7,9-14,16,24H,4,8,15,17H2,1H3,(H,32,35). The molecule has 0 aliphatic carbocycles. The third-order valence-corrected chi connectivity index (χ3v) is 6.30. The third-order valence-electron chi connectivity index (χ3n) is 6.30. The van der Waals surface area contributed by atoms with Gasteiger partial charge in [0.2, 0.25) is 0 Å². The van der Waals surface area contributed by atoms with E-state index in [1.165, 1.54) is 30.5 Å². The molecule has 2 aromatic heterocycles. The van der Waals surface area contributed by atoms with Gasteiger partial charge >= 0.3 is 0 Å². The molecule has 0 saturated carbocycles. The molecule has 182 valence electrons. The first-order chi connectivity index (χ1) is 17.5. The molecule has 4 aromatic rings. The Morgan fingerprint density at radius 3 is 2.64 bits per heavy atom. The van der Waals surface area contributed by atoms with Crippen LogP contribution in [0.3, 0.4) is 0 Å². The van der Waals surface area contributed by atoms with Crippen molar-refractivity contribution in [3.05, 3.63) is 107 Å². The van der Waals surface area contributed by atoms with Crippen LogP contribution in [0.1, 0.15) is 56.7 Å². The van der Waals surface area contributed by atoms with Crippen LogP contribution in [0, 0.1) is 12.7 Å². The first-order valence-electron chi connectivity index (χ1n) is 11.8. The van der Waals surface area contributed by atoms with Crippen LogP contribution in [-0.2, 0) is 6.54 Å². The van der Waals surface area contributed by atoms with Gasteiger partial charge in [0.15, 0.2) is 5.82 Å². The Kier molecular flexibility index (Phi) is 6.53. The van der Waals surface area contributed by atoms with Crippen molar-refractivity contribution in [2.45, 2.75) is 32.4 Å². The molecular weight excluding hydrogens is 459 g/mol. The second-order valence-electron chi connectivity index (χ2n) is 8.71. The molecule has 1 saturated heterocycles. The number of nitrogens with zero attached hydrogens (tertiary/aromatic N) is 5. The molecule has 0 spiro atoms. The summed E-state index contributed by atoms with van der Waals surface area (Å²) in [6.45, 7) is 2.85. The van der Waals surface area contributed by atoms with E-state index in [0.717, 1.165) is 18.4 Å². The van der Waals surface area contributed by atoms with Crippen LogP contribution in [0.5, 0.6) is 0 Å². The van der Waals surface area contributed by atoms with Crippen LogP contribution in [-0.4, -0.2) is 43.0 Å². The number of amides is 2.